The molecule has 0 aliphatic carbocycles. The summed E-state index contributed by atoms with van der Waals surface area (Å²) in [5, 5.41) is 0. The molecular weight excluding hydrogens is 279 g/mol. The van der Waals surface area contributed by atoms with E-state index in [1.807, 2.05) is 21.6 Å². The summed E-state index contributed by atoms with van der Waals surface area (Å²) in [5.41, 5.74) is 0. The standard InChI is InChI=1S/C8H18S2.Sn/c1-3-5-7-9-10-8-6-4-2;/h3-8H2,1-2H3;. The van der Waals surface area contributed by atoms with E-state index in [1.165, 1.54) is 37.2 Å². The molecule has 0 amide bonds. The van der Waals surface area contributed by atoms with Gasteiger partial charge in [0, 0.05) is 35.4 Å². The monoisotopic (exact) mass is 298 g/mol. The van der Waals surface area contributed by atoms with Gasteiger partial charge in [-0.1, -0.05) is 48.3 Å². The SMILES string of the molecule is CCCCSSCCCC.[Sn]. The number of unbranched alkanes of at least 4 members (excludes halogenated alkanes) is 2. The van der Waals surface area contributed by atoms with Crippen LogP contribution in [-0.2, 0) is 0 Å². The molecule has 3 heteroatoms. The van der Waals surface area contributed by atoms with Crippen molar-refractivity contribution in [2.45, 2.75) is 39.5 Å². The molecule has 0 rings (SSSR count). The van der Waals surface area contributed by atoms with Gasteiger partial charge in [0.25, 0.3) is 0 Å². The first kappa shape index (κ1) is 15.0. The molecule has 0 bridgehead atoms. The van der Waals surface area contributed by atoms with Gasteiger partial charge < -0.3 is 0 Å². The summed E-state index contributed by atoms with van der Waals surface area (Å²) in [4.78, 5) is 0. The van der Waals surface area contributed by atoms with E-state index >= 15 is 0 Å². The van der Waals surface area contributed by atoms with Crippen molar-refractivity contribution in [1.29, 1.82) is 0 Å². The van der Waals surface area contributed by atoms with E-state index in [4.69, 9.17) is 0 Å². The predicted molar refractivity (Wildman–Crippen MR) is 60.5 cm³/mol. The molecule has 0 atom stereocenters. The van der Waals surface area contributed by atoms with Crippen molar-refractivity contribution in [2.24, 2.45) is 0 Å². The second-order valence-electron chi connectivity index (χ2n) is 2.35. The van der Waals surface area contributed by atoms with Gasteiger partial charge in [-0.15, -0.1) is 0 Å². The fourth-order valence-corrected chi connectivity index (χ4v) is 2.99. The molecular formula is C8H18S2Sn. The van der Waals surface area contributed by atoms with E-state index in [9.17, 15) is 0 Å². The Labute approximate surface area is 96.0 Å². The fraction of sp³-hybridized carbons (Fsp3) is 1.00. The van der Waals surface area contributed by atoms with Crippen LogP contribution in [0.2, 0.25) is 0 Å². The Hall–Kier alpha value is 1.50. The second-order valence-corrected chi connectivity index (χ2v) is 5.05. The summed E-state index contributed by atoms with van der Waals surface area (Å²) in [6, 6.07) is 0. The first-order valence-corrected chi connectivity index (χ1v) is 6.65. The van der Waals surface area contributed by atoms with Crippen LogP contribution < -0.4 is 0 Å². The first-order chi connectivity index (χ1) is 4.91. The van der Waals surface area contributed by atoms with Crippen LogP contribution in [0.25, 0.3) is 0 Å². The normalized spacial score (nSPS) is 9.27. The second kappa shape index (κ2) is 14.0. The summed E-state index contributed by atoms with van der Waals surface area (Å²) in [6.07, 6.45) is 5.43. The Bertz CT molecular complexity index is 52.1. The van der Waals surface area contributed by atoms with Gasteiger partial charge in [-0.3, -0.25) is 0 Å². The van der Waals surface area contributed by atoms with Crippen molar-refractivity contribution in [2.75, 3.05) is 11.5 Å². The average molecular weight is 297 g/mol. The Morgan fingerprint density at radius 1 is 0.818 bits per heavy atom. The molecule has 66 valence electrons. The smallest absolute Gasteiger partial charge is 0.00368 e. The van der Waals surface area contributed by atoms with Crippen LogP contribution in [0, 0.1) is 0 Å². The molecule has 0 saturated heterocycles. The maximum atomic E-state index is 2.25. The molecule has 0 aromatic carbocycles. The average Bonchev–Trinajstić information content (AvgIpc) is 1.97. The van der Waals surface area contributed by atoms with Gasteiger partial charge >= 0.3 is 0 Å². The minimum Gasteiger partial charge on any atom is -0.0942 e. The third kappa shape index (κ3) is 14.4. The van der Waals surface area contributed by atoms with Gasteiger partial charge in [-0.25, -0.2) is 0 Å². The summed E-state index contributed by atoms with van der Waals surface area (Å²) < 4.78 is 0. The Balaban J connectivity index is 0. The van der Waals surface area contributed by atoms with Crippen LogP contribution in [0.5, 0.6) is 0 Å². The molecule has 0 N–H and O–H groups in total. The van der Waals surface area contributed by atoms with Crippen LogP contribution in [0.4, 0.5) is 0 Å². The molecule has 0 heterocycles. The molecule has 0 fully saturated rings. The molecule has 0 unspecified atom stereocenters. The van der Waals surface area contributed by atoms with Crippen molar-refractivity contribution in [1.82, 2.24) is 0 Å². The van der Waals surface area contributed by atoms with Crippen molar-refractivity contribution in [3.8, 4) is 0 Å². The maximum Gasteiger partial charge on any atom is 0.00368 e. The fourth-order valence-electron chi connectivity index (χ4n) is 0.524. The molecule has 0 nitrogen and oxygen atoms in total. The van der Waals surface area contributed by atoms with Crippen LogP contribution >= 0.6 is 21.6 Å². The zero-order valence-corrected chi connectivity index (χ0v) is 12.0. The maximum absolute atomic E-state index is 2.25. The number of hydrogen-bond donors (Lipinski definition) is 0. The van der Waals surface area contributed by atoms with E-state index in [0.29, 0.717) is 0 Å². The summed E-state index contributed by atoms with van der Waals surface area (Å²) in [6.45, 7) is 4.49. The molecule has 0 aromatic rings. The molecule has 0 saturated carbocycles. The largest absolute Gasteiger partial charge is 0.0942 e. The van der Waals surface area contributed by atoms with Gasteiger partial charge in [-0.2, -0.15) is 0 Å². The van der Waals surface area contributed by atoms with Gasteiger partial charge in [0.05, 0.1) is 0 Å². The van der Waals surface area contributed by atoms with Crippen LogP contribution in [0.15, 0.2) is 0 Å². The minimum absolute atomic E-state index is 0. The zero-order chi connectivity index (χ0) is 7.66. The third-order valence-electron chi connectivity index (χ3n) is 1.25. The van der Waals surface area contributed by atoms with Gasteiger partial charge in [-0.05, 0) is 12.8 Å². The molecule has 0 spiro atoms. The van der Waals surface area contributed by atoms with Crippen LogP contribution in [0.1, 0.15) is 39.5 Å². The third-order valence-corrected chi connectivity index (χ3v) is 3.82. The zero-order valence-electron chi connectivity index (χ0n) is 7.56. The Morgan fingerprint density at radius 3 is 1.45 bits per heavy atom. The molecule has 11 heavy (non-hydrogen) atoms. The molecule has 0 aliphatic rings. The van der Waals surface area contributed by atoms with E-state index < -0.39 is 0 Å². The van der Waals surface area contributed by atoms with Gasteiger partial charge in [0.15, 0.2) is 0 Å². The summed E-state index contributed by atoms with van der Waals surface area (Å²) in [7, 11) is 4.07. The Kier molecular flexibility index (Phi) is 19.1. The minimum atomic E-state index is 0. The molecule has 4 radical (unpaired) electrons. The molecule has 0 aliphatic heterocycles. The van der Waals surface area contributed by atoms with E-state index in [-0.39, 0.29) is 23.9 Å². The van der Waals surface area contributed by atoms with E-state index in [0.717, 1.165) is 0 Å². The van der Waals surface area contributed by atoms with E-state index in [1.54, 1.807) is 0 Å². The van der Waals surface area contributed by atoms with Gasteiger partial charge in [0.1, 0.15) is 0 Å². The van der Waals surface area contributed by atoms with Crippen molar-refractivity contribution in [3.63, 3.8) is 0 Å². The number of hydrogen-bond acceptors (Lipinski definition) is 2. The van der Waals surface area contributed by atoms with Crippen LogP contribution in [-0.4, -0.2) is 35.4 Å². The predicted octanol–water partition coefficient (Wildman–Crippen LogP) is 3.59. The van der Waals surface area contributed by atoms with Crippen molar-refractivity contribution >= 4 is 45.5 Å². The van der Waals surface area contributed by atoms with Gasteiger partial charge in [0.2, 0.25) is 0 Å². The first-order valence-electron chi connectivity index (χ1n) is 4.16. The summed E-state index contributed by atoms with van der Waals surface area (Å²) in [5.74, 6) is 2.68. The molecule has 0 aromatic heterocycles. The number of rotatable bonds is 7. The van der Waals surface area contributed by atoms with Crippen molar-refractivity contribution < 1.29 is 0 Å². The summed E-state index contributed by atoms with van der Waals surface area (Å²) >= 11 is 0. The topological polar surface area (TPSA) is 0 Å². The Morgan fingerprint density at radius 2 is 1.18 bits per heavy atom. The van der Waals surface area contributed by atoms with E-state index in [2.05, 4.69) is 13.8 Å². The van der Waals surface area contributed by atoms with Crippen LogP contribution in [0.3, 0.4) is 0 Å². The van der Waals surface area contributed by atoms with Crippen molar-refractivity contribution in [3.05, 3.63) is 0 Å². The quantitative estimate of drug-likeness (QED) is 0.400.